The maximum absolute atomic E-state index is 4.71. The Balaban J connectivity index is 0.00000361. The zero-order valence-electron chi connectivity index (χ0n) is 13.2. The predicted octanol–water partition coefficient (Wildman–Crippen LogP) is 0.768. The van der Waals surface area contributed by atoms with E-state index in [4.69, 9.17) is 4.99 Å². The van der Waals surface area contributed by atoms with Gasteiger partial charge in [-0.25, -0.2) is 0 Å². The largest absolute Gasteiger partial charge is 0.357 e. The van der Waals surface area contributed by atoms with Crippen LogP contribution in [0.2, 0.25) is 0 Å². The zero-order valence-corrected chi connectivity index (χ0v) is 16.3. The molecule has 1 aliphatic rings. The van der Waals surface area contributed by atoms with Gasteiger partial charge in [-0.15, -0.1) is 24.0 Å². The van der Waals surface area contributed by atoms with Gasteiger partial charge in [0.15, 0.2) is 5.96 Å². The van der Waals surface area contributed by atoms with Gasteiger partial charge in [-0.2, -0.15) is 11.8 Å². The number of thioether (sulfide) groups is 1. The van der Waals surface area contributed by atoms with E-state index in [1.165, 1.54) is 0 Å². The second-order valence-corrected chi connectivity index (χ2v) is 6.02. The summed E-state index contributed by atoms with van der Waals surface area (Å²) in [5, 5.41) is 6.68. The summed E-state index contributed by atoms with van der Waals surface area (Å²) >= 11 is 1.85. The molecule has 0 saturated carbocycles. The number of likely N-dealkylation sites (N-methyl/N-ethyl adjacent to an activating group) is 2. The summed E-state index contributed by atoms with van der Waals surface area (Å²) in [5.41, 5.74) is 0. The lowest BCUT2D eigenvalue weighted by molar-refractivity contribution is 0.119. The number of nitrogens with zero attached hydrogens (tertiary/aromatic N) is 3. The number of guanidine groups is 1. The molecule has 0 aromatic rings. The maximum atomic E-state index is 4.71. The van der Waals surface area contributed by atoms with Crippen LogP contribution in [0.4, 0.5) is 0 Å². The Labute approximate surface area is 145 Å². The zero-order chi connectivity index (χ0) is 14.1. The molecule has 1 unspecified atom stereocenters. The molecular weight excluding hydrogens is 385 g/mol. The van der Waals surface area contributed by atoms with Gasteiger partial charge in [0.25, 0.3) is 0 Å². The minimum Gasteiger partial charge on any atom is -0.357 e. The summed E-state index contributed by atoms with van der Waals surface area (Å²) < 4.78 is 0. The van der Waals surface area contributed by atoms with Gasteiger partial charge in [0, 0.05) is 44.5 Å². The average molecular weight is 415 g/mol. The summed E-state index contributed by atoms with van der Waals surface area (Å²) in [6.07, 6.45) is 2.12. The Hall–Kier alpha value is 0.270. The van der Waals surface area contributed by atoms with Crippen molar-refractivity contribution in [2.45, 2.75) is 13.0 Å². The first-order valence-corrected chi connectivity index (χ1v) is 8.46. The number of rotatable bonds is 6. The van der Waals surface area contributed by atoms with Gasteiger partial charge in [-0.3, -0.25) is 9.89 Å². The van der Waals surface area contributed by atoms with Crippen molar-refractivity contribution in [3.63, 3.8) is 0 Å². The summed E-state index contributed by atoms with van der Waals surface area (Å²) in [5.74, 6) is 2.05. The van der Waals surface area contributed by atoms with Crippen LogP contribution in [0.15, 0.2) is 4.99 Å². The van der Waals surface area contributed by atoms with Gasteiger partial charge in [-0.05, 0) is 27.3 Å². The van der Waals surface area contributed by atoms with Crippen LogP contribution in [0.25, 0.3) is 0 Å². The fraction of sp³-hybridized carbons (Fsp3) is 0.923. The Morgan fingerprint density at radius 3 is 2.70 bits per heavy atom. The van der Waals surface area contributed by atoms with Crippen molar-refractivity contribution < 1.29 is 0 Å². The van der Waals surface area contributed by atoms with Crippen LogP contribution in [0.3, 0.4) is 0 Å². The lowest BCUT2D eigenvalue weighted by Gasteiger charge is -2.36. The summed E-state index contributed by atoms with van der Waals surface area (Å²) in [7, 11) is 4.38. The Morgan fingerprint density at radius 2 is 2.05 bits per heavy atom. The minimum atomic E-state index is 0. The third-order valence-corrected chi connectivity index (χ3v) is 4.00. The highest BCUT2D eigenvalue weighted by Gasteiger charge is 2.21. The number of halogens is 1. The molecule has 0 aliphatic carbocycles. The highest BCUT2D eigenvalue weighted by Crippen LogP contribution is 2.05. The standard InChI is InChI=1S/C13H29N5S.HI/c1-5-14-13(15-6-9-19-4)16-10-12-11-17(2)7-8-18(12)3;/h12H,5-11H2,1-4H3,(H2,14,15,16);1H. The first-order chi connectivity index (χ1) is 9.17. The van der Waals surface area contributed by atoms with Gasteiger partial charge in [-0.1, -0.05) is 0 Å². The van der Waals surface area contributed by atoms with Gasteiger partial charge in [0.2, 0.25) is 0 Å². The van der Waals surface area contributed by atoms with E-state index in [-0.39, 0.29) is 24.0 Å². The first-order valence-electron chi connectivity index (χ1n) is 7.07. The van der Waals surface area contributed by atoms with Gasteiger partial charge in [0.1, 0.15) is 0 Å². The molecule has 20 heavy (non-hydrogen) atoms. The third-order valence-electron chi connectivity index (χ3n) is 3.38. The molecule has 0 bridgehead atoms. The van der Waals surface area contributed by atoms with Crippen molar-refractivity contribution in [2.75, 3.05) is 65.4 Å². The van der Waals surface area contributed by atoms with Gasteiger partial charge in [0.05, 0.1) is 6.54 Å². The Morgan fingerprint density at radius 1 is 1.30 bits per heavy atom. The van der Waals surface area contributed by atoms with E-state index in [9.17, 15) is 0 Å². The second-order valence-electron chi connectivity index (χ2n) is 5.04. The molecule has 0 spiro atoms. The number of piperazine rings is 1. The third kappa shape index (κ3) is 7.90. The van der Waals surface area contributed by atoms with E-state index in [2.05, 4.69) is 47.7 Å². The quantitative estimate of drug-likeness (QED) is 0.290. The molecule has 1 atom stereocenters. The van der Waals surface area contributed by atoms with Crippen molar-refractivity contribution in [2.24, 2.45) is 4.99 Å². The van der Waals surface area contributed by atoms with Crippen LogP contribution < -0.4 is 10.6 Å². The Bertz CT molecular complexity index is 277. The van der Waals surface area contributed by atoms with E-state index in [0.717, 1.165) is 51.0 Å². The highest BCUT2D eigenvalue weighted by atomic mass is 127. The molecule has 120 valence electrons. The van der Waals surface area contributed by atoms with Crippen molar-refractivity contribution in [1.82, 2.24) is 20.4 Å². The van der Waals surface area contributed by atoms with Crippen LogP contribution >= 0.6 is 35.7 Å². The number of hydrogen-bond donors (Lipinski definition) is 2. The smallest absolute Gasteiger partial charge is 0.191 e. The summed E-state index contributed by atoms with van der Waals surface area (Å²) in [6, 6.07) is 0.523. The predicted molar refractivity (Wildman–Crippen MR) is 102 cm³/mol. The molecule has 0 aromatic heterocycles. The van der Waals surface area contributed by atoms with E-state index in [0.29, 0.717) is 6.04 Å². The van der Waals surface area contributed by atoms with Crippen molar-refractivity contribution in [1.29, 1.82) is 0 Å². The van der Waals surface area contributed by atoms with E-state index in [1.807, 2.05) is 11.8 Å². The van der Waals surface area contributed by atoms with Crippen LogP contribution in [0, 0.1) is 0 Å². The second kappa shape index (κ2) is 11.9. The fourth-order valence-electron chi connectivity index (χ4n) is 2.11. The summed E-state index contributed by atoms with van der Waals surface area (Å²) in [4.78, 5) is 9.51. The molecule has 1 saturated heterocycles. The van der Waals surface area contributed by atoms with E-state index < -0.39 is 0 Å². The molecule has 0 aromatic carbocycles. The van der Waals surface area contributed by atoms with Crippen LogP contribution in [0.1, 0.15) is 6.92 Å². The normalized spacial score (nSPS) is 21.4. The molecule has 5 nitrogen and oxygen atoms in total. The lowest BCUT2D eigenvalue weighted by atomic mass is 10.2. The first kappa shape index (κ1) is 20.3. The van der Waals surface area contributed by atoms with Crippen molar-refractivity contribution in [3.05, 3.63) is 0 Å². The molecule has 0 amide bonds. The molecule has 7 heteroatoms. The van der Waals surface area contributed by atoms with E-state index in [1.54, 1.807) is 0 Å². The lowest BCUT2D eigenvalue weighted by Crippen LogP contribution is -2.51. The van der Waals surface area contributed by atoms with Crippen LogP contribution in [-0.2, 0) is 0 Å². The average Bonchev–Trinajstić information content (AvgIpc) is 2.40. The molecule has 1 aliphatic heterocycles. The number of nitrogens with one attached hydrogen (secondary N) is 2. The number of hydrogen-bond acceptors (Lipinski definition) is 4. The molecule has 2 N–H and O–H groups in total. The topological polar surface area (TPSA) is 42.9 Å². The van der Waals surface area contributed by atoms with Crippen LogP contribution in [0.5, 0.6) is 0 Å². The molecule has 1 heterocycles. The Kier molecular flexibility index (Phi) is 12.0. The van der Waals surface area contributed by atoms with Crippen molar-refractivity contribution in [3.8, 4) is 0 Å². The fourth-order valence-corrected chi connectivity index (χ4v) is 2.41. The maximum Gasteiger partial charge on any atom is 0.191 e. The summed E-state index contributed by atoms with van der Waals surface area (Å²) in [6.45, 7) is 8.22. The van der Waals surface area contributed by atoms with Crippen molar-refractivity contribution >= 4 is 41.7 Å². The SMILES string of the molecule is CCNC(=NCC1CN(C)CCN1C)NCCSC.I. The molecule has 1 fully saturated rings. The number of aliphatic imine (C=N–C) groups is 1. The van der Waals surface area contributed by atoms with E-state index >= 15 is 0 Å². The monoisotopic (exact) mass is 415 g/mol. The van der Waals surface area contributed by atoms with Gasteiger partial charge < -0.3 is 15.5 Å². The molecule has 0 radical (unpaired) electrons. The molecule has 1 rings (SSSR count). The minimum absolute atomic E-state index is 0. The highest BCUT2D eigenvalue weighted by molar-refractivity contribution is 14.0. The molecular formula is C13H30IN5S. The van der Waals surface area contributed by atoms with Crippen LogP contribution in [-0.4, -0.2) is 87.2 Å². The van der Waals surface area contributed by atoms with Gasteiger partial charge >= 0.3 is 0 Å².